The van der Waals surface area contributed by atoms with Crippen molar-refractivity contribution in [3.05, 3.63) is 76.6 Å². The quantitative estimate of drug-likeness (QED) is 0.422. The number of anilines is 1. The molecule has 0 bridgehead atoms. The molecule has 30 heavy (non-hydrogen) atoms. The highest BCUT2D eigenvalue weighted by atomic mass is 32.1. The summed E-state index contributed by atoms with van der Waals surface area (Å²) in [5, 5.41) is 6.30. The minimum Gasteiger partial charge on any atom is -0.484 e. The standard InChI is InChI=1S/C23H16N2O4S/c1-13-10-21(27)29-18-11-15(7-8-16(13)18)28-12-20(26)24-23-25-22-17-5-3-2-4-14(17)6-9-19(22)30-23/h2-11H,12H2,1H3,(H,24,25,26). The number of carbonyl (C=O) groups excluding carboxylic acids is 1. The maximum absolute atomic E-state index is 12.4. The van der Waals surface area contributed by atoms with Crippen molar-refractivity contribution in [1.82, 2.24) is 4.98 Å². The molecule has 0 aliphatic rings. The number of amides is 1. The highest BCUT2D eigenvalue weighted by Gasteiger charge is 2.11. The fraction of sp³-hybridized carbons (Fsp3) is 0.0870. The van der Waals surface area contributed by atoms with E-state index in [2.05, 4.69) is 10.3 Å². The summed E-state index contributed by atoms with van der Waals surface area (Å²) >= 11 is 1.42. The topological polar surface area (TPSA) is 81.4 Å². The molecule has 3 aromatic carbocycles. The smallest absolute Gasteiger partial charge is 0.336 e. The van der Waals surface area contributed by atoms with Crippen molar-refractivity contribution in [2.75, 3.05) is 11.9 Å². The lowest BCUT2D eigenvalue weighted by Crippen LogP contribution is -2.20. The van der Waals surface area contributed by atoms with E-state index in [1.807, 2.05) is 43.3 Å². The highest BCUT2D eigenvalue weighted by molar-refractivity contribution is 7.22. The minimum absolute atomic E-state index is 0.182. The normalized spacial score (nSPS) is 11.2. The molecule has 1 amide bonds. The van der Waals surface area contributed by atoms with Crippen LogP contribution < -0.4 is 15.7 Å². The summed E-state index contributed by atoms with van der Waals surface area (Å²) < 4.78 is 11.8. The third kappa shape index (κ3) is 3.40. The fourth-order valence-electron chi connectivity index (χ4n) is 3.41. The van der Waals surface area contributed by atoms with Crippen molar-refractivity contribution in [3.8, 4) is 5.75 Å². The number of aryl methyl sites for hydroxylation is 1. The van der Waals surface area contributed by atoms with Crippen molar-refractivity contribution in [1.29, 1.82) is 0 Å². The first-order valence-corrected chi connectivity index (χ1v) is 10.1. The Hall–Kier alpha value is -3.71. The van der Waals surface area contributed by atoms with Crippen LogP contribution in [0.3, 0.4) is 0 Å². The Kier molecular flexibility index (Phi) is 4.44. The van der Waals surface area contributed by atoms with Gasteiger partial charge in [-0.3, -0.25) is 10.1 Å². The zero-order valence-corrected chi connectivity index (χ0v) is 16.8. The predicted octanol–water partition coefficient (Wildman–Crippen LogP) is 4.88. The van der Waals surface area contributed by atoms with Crippen LogP contribution in [0.15, 0.2) is 69.9 Å². The summed E-state index contributed by atoms with van der Waals surface area (Å²) in [5.74, 6) is 0.130. The number of fused-ring (bicyclic) bond motifs is 4. The predicted molar refractivity (Wildman–Crippen MR) is 118 cm³/mol. The maximum Gasteiger partial charge on any atom is 0.336 e. The lowest BCUT2D eigenvalue weighted by molar-refractivity contribution is -0.118. The van der Waals surface area contributed by atoms with Crippen LogP contribution in [0, 0.1) is 6.92 Å². The van der Waals surface area contributed by atoms with E-state index < -0.39 is 5.63 Å². The third-order valence-corrected chi connectivity index (χ3v) is 5.76. The van der Waals surface area contributed by atoms with Gasteiger partial charge in [0.25, 0.3) is 5.91 Å². The number of nitrogens with one attached hydrogen (secondary N) is 1. The number of hydrogen-bond acceptors (Lipinski definition) is 6. The number of carbonyl (C=O) groups is 1. The Bertz CT molecular complexity index is 1490. The molecule has 0 aliphatic heterocycles. The van der Waals surface area contributed by atoms with Gasteiger partial charge in [-0.1, -0.05) is 41.7 Å². The molecule has 0 atom stereocenters. The molecular weight excluding hydrogens is 400 g/mol. The number of rotatable bonds is 4. The lowest BCUT2D eigenvalue weighted by Gasteiger charge is -2.07. The Balaban J connectivity index is 1.32. The van der Waals surface area contributed by atoms with Gasteiger partial charge in [-0.25, -0.2) is 9.78 Å². The molecule has 2 aromatic heterocycles. The second-order valence-corrected chi connectivity index (χ2v) is 7.93. The van der Waals surface area contributed by atoms with E-state index in [0.29, 0.717) is 16.5 Å². The van der Waals surface area contributed by atoms with Crippen LogP contribution in [0.4, 0.5) is 5.13 Å². The van der Waals surface area contributed by atoms with Crippen LogP contribution >= 0.6 is 11.3 Å². The van der Waals surface area contributed by atoms with Crippen LogP contribution in [0.1, 0.15) is 5.56 Å². The molecule has 0 fully saturated rings. The van der Waals surface area contributed by atoms with Gasteiger partial charge in [0.1, 0.15) is 11.3 Å². The van der Waals surface area contributed by atoms with Crippen molar-refractivity contribution in [3.63, 3.8) is 0 Å². The number of hydrogen-bond donors (Lipinski definition) is 1. The number of thiazole rings is 1. The second-order valence-electron chi connectivity index (χ2n) is 6.90. The third-order valence-electron chi connectivity index (χ3n) is 4.82. The Labute approximate surface area is 174 Å². The van der Waals surface area contributed by atoms with Gasteiger partial charge in [0.05, 0.1) is 10.2 Å². The first-order valence-electron chi connectivity index (χ1n) is 9.32. The lowest BCUT2D eigenvalue weighted by atomic mass is 10.1. The molecule has 0 saturated carbocycles. The van der Waals surface area contributed by atoms with E-state index in [1.54, 1.807) is 18.2 Å². The minimum atomic E-state index is -0.418. The van der Waals surface area contributed by atoms with Gasteiger partial charge in [-0.05, 0) is 36.1 Å². The SMILES string of the molecule is Cc1cc(=O)oc2cc(OCC(=O)Nc3nc4c(ccc5ccccc54)s3)ccc12. The van der Waals surface area contributed by atoms with E-state index in [-0.39, 0.29) is 12.5 Å². The van der Waals surface area contributed by atoms with Crippen molar-refractivity contribution < 1.29 is 13.9 Å². The summed E-state index contributed by atoms with van der Waals surface area (Å²) in [6, 6.07) is 18.7. The van der Waals surface area contributed by atoms with Crippen molar-refractivity contribution >= 4 is 54.3 Å². The van der Waals surface area contributed by atoms with Crippen LogP contribution in [-0.2, 0) is 4.79 Å². The zero-order chi connectivity index (χ0) is 20.7. The van der Waals surface area contributed by atoms with Gasteiger partial charge in [0.2, 0.25) is 0 Å². The number of aromatic nitrogens is 1. The van der Waals surface area contributed by atoms with Gasteiger partial charge in [-0.15, -0.1) is 0 Å². The summed E-state index contributed by atoms with van der Waals surface area (Å²) in [5.41, 5.74) is 1.71. The molecule has 5 aromatic rings. The van der Waals surface area contributed by atoms with Gasteiger partial charge < -0.3 is 9.15 Å². The van der Waals surface area contributed by atoms with Crippen LogP contribution in [-0.4, -0.2) is 17.5 Å². The Morgan fingerprint density at radius 2 is 1.97 bits per heavy atom. The molecule has 0 unspecified atom stereocenters. The summed E-state index contributed by atoms with van der Waals surface area (Å²) in [7, 11) is 0. The summed E-state index contributed by atoms with van der Waals surface area (Å²) in [6.07, 6.45) is 0. The Morgan fingerprint density at radius 1 is 1.10 bits per heavy atom. The number of benzene rings is 3. The van der Waals surface area contributed by atoms with Crippen LogP contribution in [0.25, 0.3) is 32.0 Å². The Morgan fingerprint density at radius 3 is 2.87 bits per heavy atom. The molecule has 6 nitrogen and oxygen atoms in total. The largest absolute Gasteiger partial charge is 0.484 e. The molecule has 2 heterocycles. The van der Waals surface area contributed by atoms with E-state index in [4.69, 9.17) is 9.15 Å². The highest BCUT2D eigenvalue weighted by Crippen LogP contribution is 2.31. The molecule has 1 N–H and O–H groups in total. The zero-order valence-electron chi connectivity index (χ0n) is 16.0. The van der Waals surface area contributed by atoms with Crippen molar-refractivity contribution in [2.45, 2.75) is 6.92 Å². The fourth-order valence-corrected chi connectivity index (χ4v) is 4.31. The van der Waals surface area contributed by atoms with Gasteiger partial charge in [0.15, 0.2) is 11.7 Å². The summed E-state index contributed by atoms with van der Waals surface area (Å²) in [4.78, 5) is 28.5. The second kappa shape index (κ2) is 7.27. The molecule has 0 radical (unpaired) electrons. The molecule has 0 spiro atoms. The molecule has 0 aliphatic carbocycles. The maximum atomic E-state index is 12.4. The first-order chi connectivity index (χ1) is 14.6. The molecule has 7 heteroatoms. The van der Waals surface area contributed by atoms with E-state index in [1.165, 1.54) is 17.4 Å². The van der Waals surface area contributed by atoms with Crippen LogP contribution in [0.5, 0.6) is 5.75 Å². The van der Waals surface area contributed by atoms with E-state index in [9.17, 15) is 9.59 Å². The molecular formula is C23H16N2O4S. The molecule has 0 saturated heterocycles. The average molecular weight is 416 g/mol. The molecule has 5 rings (SSSR count). The van der Waals surface area contributed by atoms with Crippen molar-refractivity contribution in [2.24, 2.45) is 0 Å². The van der Waals surface area contributed by atoms with Gasteiger partial charge in [-0.2, -0.15) is 0 Å². The van der Waals surface area contributed by atoms with Gasteiger partial charge >= 0.3 is 5.63 Å². The summed E-state index contributed by atoms with van der Waals surface area (Å²) in [6.45, 7) is 1.66. The molecule has 148 valence electrons. The monoisotopic (exact) mass is 416 g/mol. The van der Waals surface area contributed by atoms with E-state index >= 15 is 0 Å². The number of nitrogens with zero attached hydrogens (tertiary/aromatic N) is 1. The van der Waals surface area contributed by atoms with E-state index in [0.717, 1.165) is 31.9 Å². The first kappa shape index (κ1) is 18.3. The average Bonchev–Trinajstić information content (AvgIpc) is 3.14. The van der Waals surface area contributed by atoms with Crippen LogP contribution in [0.2, 0.25) is 0 Å². The van der Waals surface area contributed by atoms with Gasteiger partial charge in [0, 0.05) is 22.9 Å². The number of ether oxygens (including phenoxy) is 1.